The normalized spacial score (nSPS) is 22.5. The van der Waals surface area contributed by atoms with Crippen LogP contribution in [0.4, 0.5) is 33.7 Å². The van der Waals surface area contributed by atoms with Gasteiger partial charge in [0.25, 0.3) is 0 Å². The van der Waals surface area contributed by atoms with Gasteiger partial charge in [-0.1, -0.05) is 12.1 Å². The van der Waals surface area contributed by atoms with Crippen LogP contribution in [0.1, 0.15) is 79.0 Å². The number of hydrogen-bond acceptors (Lipinski definition) is 10. The van der Waals surface area contributed by atoms with Gasteiger partial charge in [0, 0.05) is 55.0 Å². The Morgan fingerprint density at radius 1 is 0.767 bits per heavy atom. The SMILES string of the molecule is [C-]#[N+]c1ccc(OCc2nc(C34CC3CN(C(=O)OC(C)(C)C)C4)ccc2F)c(F)c1.[C-]#[N+]c1ccc(OCc2nc(C34CC3CN(Cc3nc5ccc(C(=O)O)cc5n3C[C@@H]3CCO3)C4)ccc2F)c(F)c1. The van der Waals surface area contributed by atoms with Gasteiger partial charge in [-0.25, -0.2) is 41.8 Å². The van der Waals surface area contributed by atoms with Crippen LogP contribution in [0, 0.1) is 48.2 Å². The van der Waals surface area contributed by atoms with E-state index in [2.05, 4.69) is 29.1 Å². The number of likely N-dealkylation sites (tertiary alicyclic amines) is 2. The number of pyridine rings is 2. The summed E-state index contributed by atoms with van der Waals surface area (Å²) < 4.78 is 81.5. The second kappa shape index (κ2) is 19.1. The molecule has 5 aliphatic rings. The molecule has 0 bridgehead atoms. The molecule has 4 unspecified atom stereocenters. The quantitative estimate of drug-likeness (QED) is 0.0870. The maximum Gasteiger partial charge on any atom is 0.410 e. The van der Waals surface area contributed by atoms with Crippen LogP contribution in [0.2, 0.25) is 0 Å². The van der Waals surface area contributed by atoms with Crippen molar-refractivity contribution >= 4 is 34.5 Å². The zero-order valence-electron chi connectivity index (χ0n) is 40.2. The molecule has 6 heterocycles. The van der Waals surface area contributed by atoms with E-state index in [0.29, 0.717) is 37.8 Å². The maximum atomic E-state index is 14.7. The first-order valence-electron chi connectivity index (χ1n) is 23.9. The number of amides is 1. The summed E-state index contributed by atoms with van der Waals surface area (Å²) in [5.74, 6) is -2.06. The predicted octanol–water partition coefficient (Wildman–Crippen LogP) is 10.1. The largest absolute Gasteiger partial charge is 0.484 e. The first-order valence-corrected chi connectivity index (χ1v) is 23.9. The summed E-state index contributed by atoms with van der Waals surface area (Å²) in [4.78, 5) is 48.3. The van der Waals surface area contributed by atoms with Gasteiger partial charge in [-0.05, 0) is 119 Å². The molecule has 0 spiro atoms. The van der Waals surface area contributed by atoms with E-state index in [0.717, 1.165) is 73.6 Å². The molecule has 3 aliphatic heterocycles. The molecule has 1 N–H and O–H groups in total. The summed E-state index contributed by atoms with van der Waals surface area (Å²) in [6, 6.07) is 18.8. The Morgan fingerprint density at radius 3 is 1.86 bits per heavy atom. The van der Waals surface area contributed by atoms with Crippen molar-refractivity contribution in [1.82, 2.24) is 29.3 Å². The number of hydrogen-bond donors (Lipinski definition) is 1. The zero-order valence-corrected chi connectivity index (χ0v) is 40.2. The van der Waals surface area contributed by atoms with Crippen molar-refractivity contribution in [3.8, 4) is 11.5 Å². The third kappa shape index (κ3) is 9.99. The molecule has 19 heteroatoms. The fourth-order valence-electron chi connectivity index (χ4n) is 10.3. The number of rotatable bonds is 13. The zero-order chi connectivity index (χ0) is 51.4. The molecule has 3 aromatic heterocycles. The fourth-order valence-corrected chi connectivity index (χ4v) is 10.3. The van der Waals surface area contributed by atoms with Crippen molar-refractivity contribution in [1.29, 1.82) is 0 Å². The summed E-state index contributed by atoms with van der Waals surface area (Å²) in [6.45, 7) is 23.4. The van der Waals surface area contributed by atoms with E-state index in [9.17, 15) is 32.3 Å². The molecule has 0 radical (unpaired) electrons. The van der Waals surface area contributed by atoms with Crippen LogP contribution in [0.15, 0.2) is 78.9 Å². The van der Waals surface area contributed by atoms with Gasteiger partial charge >= 0.3 is 12.1 Å². The molecular weight excluding hydrogens is 949 g/mol. The van der Waals surface area contributed by atoms with Crippen LogP contribution in [-0.4, -0.2) is 91.0 Å². The molecular formula is C54H50F4N8O7. The summed E-state index contributed by atoms with van der Waals surface area (Å²) in [5, 5.41) is 9.52. The fraction of sp³-hybridized carbons (Fsp3) is 0.389. The Kier molecular flexibility index (Phi) is 12.8. The lowest BCUT2D eigenvalue weighted by Crippen LogP contribution is -2.37. The molecule has 3 saturated heterocycles. The number of carbonyl (C=O) groups is 2. The number of ether oxygens (including phenoxy) is 4. The number of benzene rings is 3. The van der Waals surface area contributed by atoms with Crippen molar-refractivity contribution in [3.05, 3.63) is 159 Å². The molecule has 6 aromatic rings. The third-order valence-corrected chi connectivity index (χ3v) is 14.3. The highest BCUT2D eigenvalue weighted by Crippen LogP contribution is 2.59. The first-order chi connectivity index (χ1) is 34.9. The minimum atomic E-state index is -0.979. The Morgan fingerprint density at radius 2 is 1.34 bits per heavy atom. The van der Waals surface area contributed by atoms with E-state index in [4.69, 9.17) is 37.1 Å². The van der Waals surface area contributed by atoms with Crippen LogP contribution in [0.25, 0.3) is 20.7 Å². The number of aromatic nitrogens is 4. The highest BCUT2D eigenvalue weighted by molar-refractivity contribution is 5.92. The van der Waals surface area contributed by atoms with Gasteiger partial charge in [-0.3, -0.25) is 14.9 Å². The molecule has 1 amide bonds. The molecule has 5 atom stereocenters. The number of halogens is 4. The van der Waals surface area contributed by atoms with Gasteiger partial charge < -0.3 is 33.5 Å². The van der Waals surface area contributed by atoms with E-state index in [1.807, 2.05) is 20.8 Å². The average Bonchev–Trinajstić information content (AvgIpc) is 4.06. The van der Waals surface area contributed by atoms with Crippen molar-refractivity contribution < 1.29 is 51.2 Å². The van der Waals surface area contributed by atoms with E-state index in [1.54, 1.807) is 35.2 Å². The summed E-state index contributed by atoms with van der Waals surface area (Å²) >= 11 is 0. The van der Waals surface area contributed by atoms with Crippen LogP contribution >= 0.6 is 0 Å². The average molecular weight is 999 g/mol. The lowest BCUT2D eigenvalue weighted by atomic mass is 10.0. The standard InChI is InChI=1S/C31H27F2N5O4.C23H23F2N3O3/c1-34-20-3-6-27(23(33)11-20)42-16-25-22(32)4-7-28(35-25)31-12-19(31)13-37(17-31)15-29-36-24-5-2-18(30(39)40)10-26(24)38(29)14-21-8-9-41-21;1-22(2,3)31-21(29)28-11-14-10-23(14,13-28)20-8-6-16(24)18(27-20)12-30-19-7-5-15(26-4)9-17(19)25/h2-7,10-11,19,21H,8-9,12-17H2,(H,39,40);5-9,14H,10-13H2,1-3H3/t19?,21-,31?;/m0./s1. The molecule has 5 fully saturated rings. The lowest BCUT2D eigenvalue weighted by molar-refractivity contribution is -0.0591. The van der Waals surface area contributed by atoms with Crippen LogP contribution < -0.4 is 9.47 Å². The van der Waals surface area contributed by atoms with Crippen molar-refractivity contribution in [2.45, 2.75) is 88.9 Å². The number of fused-ring (bicyclic) bond motifs is 3. The number of carboxylic acid groups (broad SMARTS) is 1. The van der Waals surface area contributed by atoms with E-state index in [1.165, 1.54) is 36.4 Å². The van der Waals surface area contributed by atoms with E-state index in [-0.39, 0.29) is 82.0 Å². The Balaban J connectivity index is 0.000000176. The number of imidazole rings is 1. The summed E-state index contributed by atoms with van der Waals surface area (Å²) in [5.41, 5.74) is 2.67. The highest BCUT2D eigenvalue weighted by Gasteiger charge is 2.63. The number of carbonyl (C=O) groups excluding carboxylic acids is 1. The Hall–Kier alpha value is -7.61. The van der Waals surface area contributed by atoms with Crippen molar-refractivity contribution in [3.63, 3.8) is 0 Å². The molecule has 15 nitrogen and oxygen atoms in total. The van der Waals surface area contributed by atoms with Crippen LogP contribution in [0.5, 0.6) is 11.5 Å². The number of nitrogens with zero attached hydrogens (tertiary/aromatic N) is 8. The predicted molar refractivity (Wildman–Crippen MR) is 256 cm³/mol. The van der Waals surface area contributed by atoms with Gasteiger partial charge in [0.15, 0.2) is 34.5 Å². The van der Waals surface area contributed by atoms with Gasteiger partial charge in [0.1, 0.15) is 47.7 Å². The third-order valence-electron chi connectivity index (χ3n) is 14.3. The molecule has 3 aromatic carbocycles. The van der Waals surface area contributed by atoms with Crippen LogP contribution in [-0.2, 0) is 46.6 Å². The number of aromatic carboxylic acids is 1. The van der Waals surface area contributed by atoms with E-state index < -0.39 is 34.8 Å². The molecule has 11 rings (SSSR count). The van der Waals surface area contributed by atoms with Crippen LogP contribution in [0.3, 0.4) is 0 Å². The monoisotopic (exact) mass is 998 g/mol. The van der Waals surface area contributed by atoms with E-state index >= 15 is 0 Å². The van der Waals surface area contributed by atoms with Crippen molar-refractivity contribution in [2.24, 2.45) is 11.8 Å². The van der Waals surface area contributed by atoms with Gasteiger partial charge in [0.05, 0.1) is 48.9 Å². The molecule has 376 valence electrons. The maximum absolute atomic E-state index is 14.7. The van der Waals surface area contributed by atoms with Gasteiger partial charge in [-0.2, -0.15) is 0 Å². The molecule has 73 heavy (non-hydrogen) atoms. The number of piperidine rings is 2. The lowest BCUT2D eigenvalue weighted by Gasteiger charge is -2.28. The highest BCUT2D eigenvalue weighted by atomic mass is 19.1. The smallest absolute Gasteiger partial charge is 0.410 e. The van der Waals surface area contributed by atoms with Gasteiger partial charge in [0.2, 0.25) is 0 Å². The minimum absolute atomic E-state index is 0.0610. The molecule has 2 aliphatic carbocycles. The van der Waals surface area contributed by atoms with Crippen molar-refractivity contribution in [2.75, 3.05) is 32.8 Å². The van der Waals surface area contributed by atoms with Gasteiger partial charge in [-0.15, -0.1) is 0 Å². The summed E-state index contributed by atoms with van der Waals surface area (Å²) in [6.07, 6.45) is 2.49. The topological polar surface area (TPSA) is 150 Å². The minimum Gasteiger partial charge on any atom is -0.484 e. The first kappa shape index (κ1) is 49.0. The molecule has 2 saturated carbocycles. The Labute approximate surface area is 417 Å². The second-order valence-electron chi connectivity index (χ2n) is 20.4. The number of carboxylic acids is 1. The Bertz CT molecular complexity index is 3260. The summed E-state index contributed by atoms with van der Waals surface area (Å²) in [7, 11) is 0. The second-order valence-corrected chi connectivity index (χ2v) is 20.4.